The molecule has 0 saturated carbocycles. The maximum atomic E-state index is 12.0. The molecule has 16 heavy (non-hydrogen) atoms. The van der Waals surface area contributed by atoms with Crippen molar-refractivity contribution in [3.05, 3.63) is 41.0 Å². The number of carbonyl (C=O) groups is 1. The van der Waals surface area contributed by atoms with E-state index in [-0.39, 0.29) is 0 Å². The highest BCUT2D eigenvalue weighted by Crippen LogP contribution is 2.31. The van der Waals surface area contributed by atoms with Crippen LogP contribution in [0.4, 0.5) is 0 Å². The maximum Gasteiger partial charge on any atom is 0.159 e. The number of aryl methyl sites for hydroxylation is 1. The van der Waals surface area contributed by atoms with E-state index in [1.54, 1.807) is 0 Å². The Bertz CT molecular complexity index is 441. The molecule has 0 spiro atoms. The Morgan fingerprint density at radius 3 is 2.38 bits per heavy atom. The summed E-state index contributed by atoms with van der Waals surface area (Å²) in [5.74, 6) is 0.343. The van der Waals surface area contributed by atoms with E-state index in [1.165, 1.54) is 16.7 Å². The third-order valence-corrected chi connectivity index (χ3v) is 3.37. The van der Waals surface area contributed by atoms with Crippen LogP contribution >= 0.6 is 0 Å². The number of fused-ring (bicyclic) bond motifs is 1. The number of benzene rings is 1. The summed E-state index contributed by atoms with van der Waals surface area (Å²) < 4.78 is 0. The van der Waals surface area contributed by atoms with Crippen molar-refractivity contribution in [2.24, 2.45) is 0 Å². The van der Waals surface area contributed by atoms with E-state index in [4.69, 9.17) is 0 Å². The van der Waals surface area contributed by atoms with Gasteiger partial charge in [-0.3, -0.25) is 4.79 Å². The summed E-state index contributed by atoms with van der Waals surface area (Å²) in [7, 11) is 0. The highest BCUT2D eigenvalue weighted by atomic mass is 16.1. The van der Waals surface area contributed by atoms with Crippen LogP contribution in [0.3, 0.4) is 0 Å². The molecule has 0 bridgehead atoms. The number of allylic oxidation sites excluding steroid dienone is 2. The topological polar surface area (TPSA) is 17.1 Å². The predicted molar refractivity (Wildman–Crippen MR) is 67.3 cm³/mol. The van der Waals surface area contributed by atoms with E-state index in [0.29, 0.717) is 12.2 Å². The number of hydrogen-bond acceptors (Lipinski definition) is 1. The molecule has 0 fully saturated rings. The molecular weight excluding hydrogens is 196 g/mol. The number of ketones is 1. The Balaban J connectivity index is 2.62. The molecular formula is C15H18O. The fourth-order valence-electron chi connectivity index (χ4n) is 2.58. The fraction of sp³-hybridized carbons (Fsp3) is 0.400. The van der Waals surface area contributed by atoms with Gasteiger partial charge in [-0.15, -0.1) is 0 Å². The predicted octanol–water partition coefficient (Wildman–Crippen LogP) is 3.78. The van der Waals surface area contributed by atoms with Gasteiger partial charge in [0.1, 0.15) is 0 Å². The second-order valence-electron chi connectivity index (χ2n) is 4.24. The van der Waals surface area contributed by atoms with Crippen LogP contribution in [0.5, 0.6) is 0 Å². The average molecular weight is 214 g/mol. The third-order valence-electron chi connectivity index (χ3n) is 3.37. The Kier molecular flexibility index (Phi) is 3.23. The molecule has 0 unspecified atom stereocenters. The molecule has 0 aliphatic heterocycles. The van der Waals surface area contributed by atoms with Gasteiger partial charge in [-0.05, 0) is 41.5 Å². The summed E-state index contributed by atoms with van der Waals surface area (Å²) in [4.78, 5) is 12.0. The summed E-state index contributed by atoms with van der Waals surface area (Å²) in [6, 6.07) is 8.43. The van der Waals surface area contributed by atoms with E-state index in [0.717, 1.165) is 24.8 Å². The first kappa shape index (κ1) is 11.1. The van der Waals surface area contributed by atoms with Crippen molar-refractivity contribution in [3.8, 4) is 0 Å². The van der Waals surface area contributed by atoms with E-state index < -0.39 is 0 Å². The van der Waals surface area contributed by atoms with Crippen molar-refractivity contribution in [1.82, 2.24) is 0 Å². The average Bonchev–Trinajstić information content (AvgIpc) is 2.46. The van der Waals surface area contributed by atoms with Gasteiger partial charge in [0.25, 0.3) is 0 Å². The van der Waals surface area contributed by atoms with Gasteiger partial charge >= 0.3 is 0 Å². The number of Topliss-reactive ketones (excluding diaryl/α,β-unsaturated/α-hetero) is 1. The zero-order valence-electron chi connectivity index (χ0n) is 10.0. The SMILES string of the molecule is CCC1=C(CC)c2ccccc2CCC1=O. The molecule has 0 radical (unpaired) electrons. The summed E-state index contributed by atoms with van der Waals surface area (Å²) in [6.07, 6.45) is 3.37. The Labute approximate surface area is 97.2 Å². The molecule has 1 nitrogen and oxygen atoms in total. The van der Waals surface area contributed by atoms with Crippen molar-refractivity contribution in [3.63, 3.8) is 0 Å². The molecule has 0 saturated heterocycles. The molecule has 0 heterocycles. The minimum absolute atomic E-state index is 0.343. The monoisotopic (exact) mass is 214 g/mol. The lowest BCUT2D eigenvalue weighted by molar-refractivity contribution is -0.115. The molecule has 1 aliphatic carbocycles. The summed E-state index contributed by atoms with van der Waals surface area (Å²) in [5.41, 5.74) is 4.94. The summed E-state index contributed by atoms with van der Waals surface area (Å²) in [6.45, 7) is 4.22. The minimum atomic E-state index is 0.343. The quantitative estimate of drug-likeness (QED) is 0.732. The molecule has 2 rings (SSSR count). The maximum absolute atomic E-state index is 12.0. The molecule has 1 heteroatoms. The van der Waals surface area contributed by atoms with Crippen LogP contribution in [-0.2, 0) is 11.2 Å². The first-order chi connectivity index (χ1) is 7.77. The zero-order valence-corrected chi connectivity index (χ0v) is 10.0. The van der Waals surface area contributed by atoms with Gasteiger partial charge in [-0.2, -0.15) is 0 Å². The van der Waals surface area contributed by atoms with Crippen molar-refractivity contribution in [2.45, 2.75) is 39.5 Å². The highest BCUT2D eigenvalue weighted by Gasteiger charge is 2.19. The lowest BCUT2D eigenvalue weighted by atomic mass is 9.93. The summed E-state index contributed by atoms with van der Waals surface area (Å²) >= 11 is 0. The van der Waals surface area contributed by atoms with Gasteiger partial charge in [-0.25, -0.2) is 0 Å². The molecule has 0 aromatic heterocycles. The molecule has 1 aromatic carbocycles. The van der Waals surface area contributed by atoms with E-state index in [9.17, 15) is 4.79 Å². The van der Waals surface area contributed by atoms with E-state index in [1.807, 2.05) is 0 Å². The number of carbonyl (C=O) groups excluding carboxylic acids is 1. The van der Waals surface area contributed by atoms with Crippen molar-refractivity contribution in [1.29, 1.82) is 0 Å². The first-order valence-corrected chi connectivity index (χ1v) is 6.11. The normalized spacial score (nSPS) is 16.0. The zero-order chi connectivity index (χ0) is 11.5. The van der Waals surface area contributed by atoms with Crippen LogP contribution < -0.4 is 0 Å². The second kappa shape index (κ2) is 4.65. The highest BCUT2D eigenvalue weighted by molar-refractivity contribution is 6.03. The molecule has 1 aromatic rings. The van der Waals surface area contributed by atoms with Gasteiger partial charge in [0, 0.05) is 6.42 Å². The van der Waals surface area contributed by atoms with Gasteiger partial charge in [0.15, 0.2) is 5.78 Å². The van der Waals surface area contributed by atoms with Gasteiger partial charge < -0.3 is 0 Å². The van der Waals surface area contributed by atoms with Crippen LogP contribution in [-0.4, -0.2) is 5.78 Å². The summed E-state index contributed by atoms with van der Waals surface area (Å²) in [5, 5.41) is 0. The van der Waals surface area contributed by atoms with Crippen molar-refractivity contribution in [2.75, 3.05) is 0 Å². The third kappa shape index (κ3) is 1.82. The molecule has 84 valence electrons. The van der Waals surface area contributed by atoms with E-state index in [2.05, 4.69) is 38.1 Å². The Morgan fingerprint density at radius 2 is 1.69 bits per heavy atom. The van der Waals surface area contributed by atoms with Gasteiger partial charge in [0.2, 0.25) is 0 Å². The van der Waals surface area contributed by atoms with Crippen molar-refractivity contribution >= 4 is 11.4 Å². The number of rotatable bonds is 2. The van der Waals surface area contributed by atoms with E-state index >= 15 is 0 Å². The van der Waals surface area contributed by atoms with Gasteiger partial charge in [0.05, 0.1) is 0 Å². The Hall–Kier alpha value is -1.37. The van der Waals surface area contributed by atoms with Gasteiger partial charge in [-0.1, -0.05) is 38.1 Å². The fourth-order valence-corrected chi connectivity index (χ4v) is 2.58. The molecule has 1 aliphatic rings. The largest absolute Gasteiger partial charge is 0.295 e. The van der Waals surface area contributed by atoms with Crippen LogP contribution in [0.2, 0.25) is 0 Å². The molecule has 0 N–H and O–H groups in total. The second-order valence-corrected chi connectivity index (χ2v) is 4.24. The smallest absolute Gasteiger partial charge is 0.159 e. The lowest BCUT2D eigenvalue weighted by Crippen LogP contribution is -2.02. The first-order valence-electron chi connectivity index (χ1n) is 6.11. The molecule has 0 atom stereocenters. The van der Waals surface area contributed by atoms with Crippen LogP contribution in [0.15, 0.2) is 29.8 Å². The number of hydrogen-bond donors (Lipinski definition) is 0. The standard InChI is InChI=1S/C15H18O/c1-3-12-13(4-2)15(16)10-9-11-7-5-6-8-14(11)12/h5-8H,3-4,9-10H2,1-2H3. The lowest BCUT2D eigenvalue weighted by Gasteiger charge is -2.11. The van der Waals surface area contributed by atoms with Crippen molar-refractivity contribution < 1.29 is 4.79 Å². The Morgan fingerprint density at radius 1 is 1.00 bits per heavy atom. The molecule has 0 amide bonds. The minimum Gasteiger partial charge on any atom is -0.295 e. The van der Waals surface area contributed by atoms with Crippen LogP contribution in [0.25, 0.3) is 5.57 Å². The van der Waals surface area contributed by atoms with Crippen LogP contribution in [0.1, 0.15) is 44.2 Å². The van der Waals surface area contributed by atoms with Crippen LogP contribution in [0, 0.1) is 0 Å².